The summed E-state index contributed by atoms with van der Waals surface area (Å²) in [5.74, 6) is -0.999. The van der Waals surface area contributed by atoms with Gasteiger partial charge >= 0.3 is 0 Å². The van der Waals surface area contributed by atoms with Gasteiger partial charge in [-0.1, -0.05) is 66.7 Å². The molecule has 152 valence electrons. The molecule has 1 aromatic heterocycles. The summed E-state index contributed by atoms with van der Waals surface area (Å²) in [6.45, 7) is 4.24. The standard InChI is InChI=1S/C25H17ClN2O3/c1-2-24(16-8-4-3-5-9-16)15-30-25(31-24)19-14-17(26)12-13-21(19)28-22(29)18-10-6-7-11-20(18)27-23(25)28/h2-14H,1,15H2. The molecule has 2 aliphatic rings. The van der Waals surface area contributed by atoms with Crippen LogP contribution < -0.4 is 5.56 Å². The summed E-state index contributed by atoms with van der Waals surface area (Å²) in [5, 5.41) is 1.05. The van der Waals surface area contributed by atoms with Crippen molar-refractivity contribution < 1.29 is 9.47 Å². The maximum atomic E-state index is 13.5. The fourth-order valence-corrected chi connectivity index (χ4v) is 4.68. The summed E-state index contributed by atoms with van der Waals surface area (Å²) >= 11 is 6.36. The minimum Gasteiger partial charge on any atom is -0.336 e. The van der Waals surface area contributed by atoms with Crippen molar-refractivity contribution in [2.24, 2.45) is 0 Å². The van der Waals surface area contributed by atoms with E-state index >= 15 is 0 Å². The Kier molecular flexibility index (Phi) is 3.81. The van der Waals surface area contributed by atoms with Gasteiger partial charge in [-0.05, 0) is 35.9 Å². The molecule has 0 amide bonds. The molecule has 0 aliphatic carbocycles. The van der Waals surface area contributed by atoms with Crippen LogP contribution in [0.4, 0.5) is 0 Å². The molecule has 1 spiro atoms. The zero-order chi connectivity index (χ0) is 21.2. The van der Waals surface area contributed by atoms with E-state index < -0.39 is 11.4 Å². The second-order valence-electron chi connectivity index (χ2n) is 7.72. The molecule has 0 saturated carbocycles. The van der Waals surface area contributed by atoms with Crippen molar-refractivity contribution in [3.8, 4) is 5.69 Å². The van der Waals surface area contributed by atoms with Crippen molar-refractivity contribution in [2.75, 3.05) is 6.61 Å². The number of benzene rings is 3. The molecule has 3 aromatic carbocycles. The van der Waals surface area contributed by atoms with Gasteiger partial charge in [0.1, 0.15) is 5.60 Å². The predicted octanol–water partition coefficient (Wildman–Crippen LogP) is 4.68. The molecule has 2 aliphatic heterocycles. The Morgan fingerprint density at radius 2 is 1.84 bits per heavy atom. The first-order chi connectivity index (χ1) is 15.1. The minimum atomic E-state index is -1.38. The Bertz CT molecular complexity index is 1430. The van der Waals surface area contributed by atoms with Crippen LogP contribution in [0.15, 0.2) is 90.2 Å². The normalized spacial score (nSPS) is 23.8. The smallest absolute Gasteiger partial charge is 0.266 e. The molecule has 1 fully saturated rings. The molecule has 2 unspecified atom stereocenters. The van der Waals surface area contributed by atoms with Gasteiger partial charge in [-0.15, -0.1) is 0 Å². The average molecular weight is 429 g/mol. The van der Waals surface area contributed by atoms with Gasteiger partial charge in [0.05, 0.1) is 23.2 Å². The summed E-state index contributed by atoms with van der Waals surface area (Å²) in [7, 11) is 0. The Labute approximate surface area is 183 Å². The van der Waals surface area contributed by atoms with E-state index in [0.717, 1.165) is 5.56 Å². The first-order valence-corrected chi connectivity index (χ1v) is 10.3. The molecule has 0 N–H and O–H groups in total. The number of rotatable bonds is 2. The molecule has 3 heterocycles. The molecule has 5 nitrogen and oxygen atoms in total. The fraction of sp³-hybridized carbons (Fsp3) is 0.120. The highest BCUT2D eigenvalue weighted by Crippen LogP contribution is 2.53. The van der Waals surface area contributed by atoms with Gasteiger partial charge in [0.15, 0.2) is 5.82 Å². The van der Waals surface area contributed by atoms with Crippen LogP contribution in [0.2, 0.25) is 5.02 Å². The van der Waals surface area contributed by atoms with Crippen molar-refractivity contribution in [1.82, 2.24) is 9.55 Å². The minimum absolute atomic E-state index is 0.177. The highest BCUT2D eigenvalue weighted by molar-refractivity contribution is 6.30. The lowest BCUT2D eigenvalue weighted by molar-refractivity contribution is -0.159. The van der Waals surface area contributed by atoms with Gasteiger partial charge in [-0.3, -0.25) is 9.36 Å². The molecule has 31 heavy (non-hydrogen) atoms. The molecule has 4 aromatic rings. The molecule has 0 bridgehead atoms. The van der Waals surface area contributed by atoms with Gasteiger partial charge in [0.25, 0.3) is 11.3 Å². The number of hydrogen-bond acceptors (Lipinski definition) is 4. The van der Waals surface area contributed by atoms with E-state index in [-0.39, 0.29) is 12.2 Å². The maximum Gasteiger partial charge on any atom is 0.266 e. The number of ether oxygens (including phenoxy) is 2. The summed E-state index contributed by atoms with van der Waals surface area (Å²) in [6.07, 6.45) is 1.74. The van der Waals surface area contributed by atoms with Crippen LogP contribution in [-0.2, 0) is 20.9 Å². The zero-order valence-electron chi connectivity index (χ0n) is 16.4. The van der Waals surface area contributed by atoms with Gasteiger partial charge in [-0.25, -0.2) is 4.98 Å². The van der Waals surface area contributed by atoms with E-state index in [1.54, 1.807) is 34.9 Å². The lowest BCUT2D eigenvalue weighted by Crippen LogP contribution is -2.34. The predicted molar refractivity (Wildman–Crippen MR) is 118 cm³/mol. The summed E-state index contributed by atoms with van der Waals surface area (Å²) in [5.41, 5.74) is 1.71. The number of fused-ring (bicyclic) bond motifs is 6. The Hall–Kier alpha value is -3.25. The Morgan fingerprint density at radius 1 is 1.06 bits per heavy atom. The molecule has 0 radical (unpaired) electrons. The fourth-order valence-electron chi connectivity index (χ4n) is 4.51. The lowest BCUT2D eigenvalue weighted by Gasteiger charge is -2.28. The molecule has 2 atom stereocenters. The second kappa shape index (κ2) is 6.37. The summed E-state index contributed by atoms with van der Waals surface area (Å²) in [6, 6.07) is 22.4. The molecular weight excluding hydrogens is 412 g/mol. The quantitative estimate of drug-likeness (QED) is 0.435. The number of para-hydroxylation sites is 1. The van der Waals surface area contributed by atoms with Crippen molar-refractivity contribution >= 4 is 22.5 Å². The largest absolute Gasteiger partial charge is 0.336 e. The first kappa shape index (κ1) is 18.5. The average Bonchev–Trinajstić information content (AvgIpc) is 3.33. The molecule has 6 rings (SSSR count). The van der Waals surface area contributed by atoms with Crippen LogP contribution in [0.1, 0.15) is 17.0 Å². The van der Waals surface area contributed by atoms with Gasteiger partial charge in [0, 0.05) is 10.6 Å². The Morgan fingerprint density at radius 3 is 2.65 bits per heavy atom. The summed E-state index contributed by atoms with van der Waals surface area (Å²) in [4.78, 5) is 18.3. The van der Waals surface area contributed by atoms with Crippen molar-refractivity contribution in [3.63, 3.8) is 0 Å². The number of halogens is 1. The van der Waals surface area contributed by atoms with Crippen LogP contribution in [0, 0.1) is 0 Å². The Balaban J connectivity index is 1.67. The van der Waals surface area contributed by atoms with Crippen molar-refractivity contribution in [2.45, 2.75) is 11.4 Å². The number of aromatic nitrogens is 2. The van der Waals surface area contributed by atoms with Crippen LogP contribution in [0.5, 0.6) is 0 Å². The summed E-state index contributed by atoms with van der Waals surface area (Å²) < 4.78 is 14.7. The van der Waals surface area contributed by atoms with Gasteiger partial charge < -0.3 is 9.47 Å². The molecule has 6 heteroatoms. The number of nitrogens with zero attached hydrogens (tertiary/aromatic N) is 2. The third kappa shape index (κ3) is 2.39. The van der Waals surface area contributed by atoms with E-state index in [1.165, 1.54) is 0 Å². The second-order valence-corrected chi connectivity index (χ2v) is 8.16. The SMILES string of the molecule is C=CC1(c2ccccc2)COC2(O1)c1cc(Cl)ccc1-n1c2nc2ccccc2c1=O. The zero-order valence-corrected chi connectivity index (χ0v) is 17.2. The van der Waals surface area contributed by atoms with E-state index in [0.29, 0.717) is 33.0 Å². The van der Waals surface area contributed by atoms with Crippen LogP contribution >= 0.6 is 11.6 Å². The highest BCUT2D eigenvalue weighted by atomic mass is 35.5. The van der Waals surface area contributed by atoms with Gasteiger partial charge in [-0.2, -0.15) is 0 Å². The van der Waals surface area contributed by atoms with Gasteiger partial charge in [0.2, 0.25) is 0 Å². The molecule has 1 saturated heterocycles. The van der Waals surface area contributed by atoms with E-state index in [9.17, 15) is 4.79 Å². The van der Waals surface area contributed by atoms with Crippen LogP contribution in [0.3, 0.4) is 0 Å². The van der Waals surface area contributed by atoms with E-state index in [1.807, 2.05) is 48.5 Å². The van der Waals surface area contributed by atoms with Crippen molar-refractivity contribution in [1.29, 1.82) is 0 Å². The lowest BCUT2D eigenvalue weighted by atomic mass is 9.95. The van der Waals surface area contributed by atoms with Crippen molar-refractivity contribution in [3.05, 3.63) is 118 Å². The third-order valence-electron chi connectivity index (χ3n) is 6.03. The van der Waals surface area contributed by atoms with Crippen LogP contribution in [0.25, 0.3) is 16.6 Å². The highest BCUT2D eigenvalue weighted by Gasteiger charge is 2.59. The first-order valence-electron chi connectivity index (χ1n) is 9.94. The molecular formula is C25H17ClN2O3. The third-order valence-corrected chi connectivity index (χ3v) is 6.27. The number of hydrogen-bond donors (Lipinski definition) is 0. The monoisotopic (exact) mass is 428 g/mol. The van der Waals surface area contributed by atoms with E-state index in [4.69, 9.17) is 26.1 Å². The van der Waals surface area contributed by atoms with Crippen LogP contribution in [-0.4, -0.2) is 16.2 Å². The van der Waals surface area contributed by atoms with E-state index in [2.05, 4.69) is 6.58 Å². The topological polar surface area (TPSA) is 53.4 Å². The maximum absolute atomic E-state index is 13.5.